The Morgan fingerprint density at radius 3 is 1.94 bits per heavy atom. The van der Waals surface area contributed by atoms with Crippen molar-refractivity contribution in [2.45, 2.75) is 82.1 Å². The Bertz CT molecular complexity index is 819. The molecule has 0 aliphatic heterocycles. The number of aromatic nitrogens is 2. The highest BCUT2D eigenvalue weighted by atomic mass is 16.4. The molecule has 0 fully saturated rings. The van der Waals surface area contributed by atoms with Gasteiger partial charge in [0.1, 0.15) is 24.2 Å². The lowest BCUT2D eigenvalue weighted by Gasteiger charge is -2.25. The van der Waals surface area contributed by atoms with Crippen LogP contribution in [0.3, 0.4) is 0 Å². The molecule has 14 nitrogen and oxygen atoms in total. The van der Waals surface area contributed by atoms with E-state index < -0.39 is 54.0 Å². The first-order chi connectivity index (χ1) is 17.1. The monoisotopic (exact) mass is 512 g/mol. The topological polar surface area (TPSA) is 252 Å². The molecule has 1 aromatic rings. The lowest BCUT2D eigenvalue weighted by atomic mass is 10.0. The van der Waals surface area contributed by atoms with Crippen LogP contribution in [0.4, 0.5) is 0 Å². The Morgan fingerprint density at radius 2 is 1.44 bits per heavy atom. The number of aliphatic hydroxyl groups excluding tert-OH is 1. The quantitative estimate of drug-likeness (QED) is 0.0931. The highest BCUT2D eigenvalue weighted by molar-refractivity contribution is 5.94. The molecule has 0 saturated carbocycles. The molecule has 204 valence electrons. The number of H-pyrrole nitrogens is 1. The van der Waals surface area contributed by atoms with Crippen LogP contribution in [0, 0.1) is 0 Å². The van der Waals surface area contributed by atoms with Crippen molar-refractivity contribution >= 4 is 23.7 Å². The molecule has 1 rings (SSSR count). The third kappa shape index (κ3) is 11.1. The number of rotatable bonds is 18. The first-order valence-electron chi connectivity index (χ1n) is 12.1. The molecule has 14 heteroatoms. The minimum absolute atomic E-state index is 0.00334. The minimum Gasteiger partial charge on any atom is -0.480 e. The SMILES string of the molecule is CC(O)C(N)C(=O)NC(CCCCN)C(=O)NC(Cc1cnc[nH]1)C(=O)NC(CCCCN)C(=O)O. The van der Waals surface area contributed by atoms with E-state index in [0.29, 0.717) is 44.5 Å². The summed E-state index contributed by atoms with van der Waals surface area (Å²) < 4.78 is 0. The normalized spacial score (nSPS) is 15.2. The van der Waals surface area contributed by atoms with Gasteiger partial charge in [0.25, 0.3) is 0 Å². The van der Waals surface area contributed by atoms with Crippen molar-refractivity contribution in [1.29, 1.82) is 0 Å². The number of carboxylic acids is 1. The van der Waals surface area contributed by atoms with Crippen LogP contribution in [-0.4, -0.2) is 87.2 Å². The van der Waals surface area contributed by atoms with E-state index in [0.717, 1.165) is 0 Å². The molecule has 0 saturated heterocycles. The number of imidazole rings is 1. The lowest BCUT2D eigenvalue weighted by Crippen LogP contribution is -2.58. The number of carbonyl (C=O) groups excluding carboxylic acids is 3. The number of aromatic amines is 1. The maximum atomic E-state index is 13.1. The third-order valence-corrected chi connectivity index (χ3v) is 5.58. The number of hydrogen-bond donors (Lipinski definition) is 9. The number of aliphatic hydroxyl groups is 1. The van der Waals surface area contributed by atoms with Crippen LogP contribution in [0.5, 0.6) is 0 Å². The highest BCUT2D eigenvalue weighted by Crippen LogP contribution is 2.07. The van der Waals surface area contributed by atoms with Crippen LogP contribution in [-0.2, 0) is 25.6 Å². The molecule has 3 amide bonds. The zero-order valence-corrected chi connectivity index (χ0v) is 20.6. The van der Waals surface area contributed by atoms with Gasteiger partial charge in [-0.25, -0.2) is 9.78 Å². The highest BCUT2D eigenvalue weighted by Gasteiger charge is 2.31. The molecule has 36 heavy (non-hydrogen) atoms. The van der Waals surface area contributed by atoms with Gasteiger partial charge in [0.2, 0.25) is 17.7 Å². The number of nitrogens with zero attached hydrogens (tertiary/aromatic N) is 1. The van der Waals surface area contributed by atoms with E-state index in [1.54, 1.807) is 0 Å². The fourth-order valence-electron chi connectivity index (χ4n) is 3.37. The van der Waals surface area contributed by atoms with Gasteiger partial charge in [0.15, 0.2) is 0 Å². The number of aliphatic carboxylic acids is 1. The molecule has 1 heterocycles. The van der Waals surface area contributed by atoms with Crippen molar-refractivity contribution in [2.24, 2.45) is 17.2 Å². The molecule has 0 aliphatic rings. The van der Waals surface area contributed by atoms with Crippen LogP contribution in [0.25, 0.3) is 0 Å². The van der Waals surface area contributed by atoms with Gasteiger partial charge in [0, 0.05) is 18.3 Å². The third-order valence-electron chi connectivity index (χ3n) is 5.58. The van der Waals surface area contributed by atoms with E-state index in [2.05, 4.69) is 25.9 Å². The summed E-state index contributed by atoms with van der Waals surface area (Å²) in [4.78, 5) is 57.0. The summed E-state index contributed by atoms with van der Waals surface area (Å²) in [6.45, 7) is 2.14. The summed E-state index contributed by atoms with van der Waals surface area (Å²) in [7, 11) is 0. The van der Waals surface area contributed by atoms with Crippen molar-refractivity contribution in [3.05, 3.63) is 18.2 Å². The molecule has 5 atom stereocenters. The van der Waals surface area contributed by atoms with Gasteiger partial charge in [-0.3, -0.25) is 14.4 Å². The van der Waals surface area contributed by atoms with Gasteiger partial charge in [-0.1, -0.05) is 0 Å². The number of unbranched alkanes of at least 4 members (excludes halogenated alkanes) is 2. The second-order valence-electron chi connectivity index (χ2n) is 8.64. The zero-order chi connectivity index (χ0) is 27.1. The molecule has 12 N–H and O–H groups in total. The first-order valence-corrected chi connectivity index (χ1v) is 12.1. The van der Waals surface area contributed by atoms with E-state index in [1.165, 1.54) is 19.4 Å². The summed E-state index contributed by atoms with van der Waals surface area (Å²) in [5, 5.41) is 26.7. The Labute approximate surface area is 210 Å². The predicted octanol–water partition coefficient (Wildman–Crippen LogP) is -2.54. The van der Waals surface area contributed by atoms with Gasteiger partial charge in [-0.15, -0.1) is 0 Å². The van der Waals surface area contributed by atoms with Crippen molar-refractivity contribution < 1.29 is 29.4 Å². The smallest absolute Gasteiger partial charge is 0.326 e. The zero-order valence-electron chi connectivity index (χ0n) is 20.6. The first kappa shape index (κ1) is 31.0. The van der Waals surface area contributed by atoms with Crippen LogP contribution >= 0.6 is 0 Å². The second kappa shape index (κ2) is 16.6. The number of nitrogens with two attached hydrogens (primary N) is 3. The van der Waals surface area contributed by atoms with Gasteiger partial charge >= 0.3 is 5.97 Å². The summed E-state index contributed by atoms with van der Waals surface area (Å²) in [6, 6.07) is -4.61. The summed E-state index contributed by atoms with van der Waals surface area (Å²) in [5.74, 6) is -3.29. The van der Waals surface area contributed by atoms with Crippen molar-refractivity contribution in [3.63, 3.8) is 0 Å². The fraction of sp³-hybridized carbons (Fsp3) is 0.682. The van der Waals surface area contributed by atoms with Gasteiger partial charge in [0.05, 0.1) is 12.4 Å². The Morgan fingerprint density at radius 1 is 0.917 bits per heavy atom. The summed E-state index contributed by atoms with van der Waals surface area (Å²) >= 11 is 0. The van der Waals surface area contributed by atoms with Crippen LogP contribution in [0.15, 0.2) is 12.5 Å². The van der Waals surface area contributed by atoms with Crippen LogP contribution in [0.2, 0.25) is 0 Å². The number of amides is 3. The van der Waals surface area contributed by atoms with Crippen molar-refractivity contribution in [3.8, 4) is 0 Å². The molecule has 1 aromatic heterocycles. The Balaban J connectivity index is 3.03. The fourth-order valence-corrected chi connectivity index (χ4v) is 3.37. The molecule has 5 unspecified atom stereocenters. The van der Waals surface area contributed by atoms with Gasteiger partial charge < -0.3 is 48.3 Å². The van der Waals surface area contributed by atoms with Crippen molar-refractivity contribution in [2.75, 3.05) is 13.1 Å². The van der Waals surface area contributed by atoms with E-state index >= 15 is 0 Å². The number of carbonyl (C=O) groups is 4. The molecule has 0 bridgehead atoms. The number of carboxylic acid groups (broad SMARTS) is 1. The Kier molecular flexibility index (Phi) is 14.3. The van der Waals surface area contributed by atoms with Gasteiger partial charge in [-0.2, -0.15) is 0 Å². The largest absolute Gasteiger partial charge is 0.480 e. The van der Waals surface area contributed by atoms with E-state index in [-0.39, 0.29) is 19.3 Å². The van der Waals surface area contributed by atoms with Crippen molar-refractivity contribution in [1.82, 2.24) is 25.9 Å². The maximum Gasteiger partial charge on any atom is 0.326 e. The average molecular weight is 513 g/mol. The van der Waals surface area contributed by atoms with E-state index in [4.69, 9.17) is 17.2 Å². The molecule has 0 aromatic carbocycles. The van der Waals surface area contributed by atoms with E-state index in [9.17, 15) is 29.4 Å². The molecule has 0 spiro atoms. The molecular weight excluding hydrogens is 472 g/mol. The van der Waals surface area contributed by atoms with Crippen LogP contribution in [0.1, 0.15) is 51.1 Å². The maximum absolute atomic E-state index is 13.1. The predicted molar refractivity (Wildman–Crippen MR) is 131 cm³/mol. The summed E-state index contributed by atoms with van der Waals surface area (Å²) in [6.07, 6.45) is 4.37. The average Bonchev–Trinajstić information content (AvgIpc) is 3.34. The Hall–Kier alpha value is -3.07. The minimum atomic E-state index is -1.25. The van der Waals surface area contributed by atoms with Crippen LogP contribution < -0.4 is 33.2 Å². The van der Waals surface area contributed by atoms with Gasteiger partial charge in [-0.05, 0) is 58.5 Å². The lowest BCUT2D eigenvalue weighted by molar-refractivity contribution is -0.142. The number of hydrogen-bond acceptors (Lipinski definition) is 9. The standard InChI is InChI=1S/C22H40N8O6/c1-13(31)18(25)21(34)28-15(6-2-4-8-23)19(32)30-17(10-14-11-26-12-27-14)20(33)29-16(22(35)36)7-3-5-9-24/h11-13,15-18,31H,2-10,23-25H2,1H3,(H,26,27)(H,28,34)(H,29,33)(H,30,32)(H,35,36). The second-order valence-corrected chi connectivity index (χ2v) is 8.64. The number of nitrogens with one attached hydrogen (secondary N) is 4. The molecular formula is C22H40N8O6. The summed E-state index contributed by atoms with van der Waals surface area (Å²) in [5.41, 5.74) is 17.2. The molecule has 0 aliphatic carbocycles. The molecule has 0 radical (unpaired) electrons. The van der Waals surface area contributed by atoms with E-state index in [1.807, 2.05) is 0 Å².